The fraction of sp³-hybridized carbons (Fsp3) is 0.429. The lowest BCUT2D eigenvalue weighted by atomic mass is 9.94. The van der Waals surface area contributed by atoms with Crippen LogP contribution in [-0.4, -0.2) is 35.8 Å². The van der Waals surface area contributed by atoms with Gasteiger partial charge in [0.05, 0.1) is 12.6 Å². The Morgan fingerprint density at radius 2 is 1.81 bits per heavy atom. The first-order valence-electron chi connectivity index (χ1n) is 9.49. The molecule has 2 N–H and O–H groups in total. The van der Waals surface area contributed by atoms with Crippen LogP contribution < -0.4 is 10.6 Å². The van der Waals surface area contributed by atoms with Crippen LogP contribution >= 0.6 is 11.3 Å². The Balaban J connectivity index is 1.39. The molecule has 1 aliphatic rings. The average molecular weight is 386 g/mol. The standard InChI is InChI=1S/C21H27N3O2S/c1-16(20(25)23-15-19-8-5-13-27-19)24-11-9-18(10-12-24)21(26)22-14-17-6-3-2-4-7-17/h2-8,13,16,18H,9-12,14-15H2,1H3,(H,22,26)(H,23,25). The lowest BCUT2D eigenvalue weighted by Crippen LogP contribution is -2.49. The van der Waals surface area contributed by atoms with Crippen molar-refractivity contribution in [2.45, 2.75) is 38.9 Å². The van der Waals surface area contributed by atoms with E-state index in [0.29, 0.717) is 13.1 Å². The predicted octanol–water partition coefficient (Wildman–Crippen LogP) is 2.78. The number of likely N-dealkylation sites (tertiary alicyclic amines) is 1. The molecule has 2 heterocycles. The summed E-state index contributed by atoms with van der Waals surface area (Å²) in [5.74, 6) is 0.204. The first-order valence-corrected chi connectivity index (χ1v) is 10.4. The molecule has 0 aliphatic carbocycles. The summed E-state index contributed by atoms with van der Waals surface area (Å²) < 4.78 is 0. The van der Waals surface area contributed by atoms with Gasteiger partial charge in [-0.25, -0.2) is 0 Å². The van der Waals surface area contributed by atoms with Gasteiger partial charge in [0.15, 0.2) is 0 Å². The normalized spacial score (nSPS) is 16.6. The summed E-state index contributed by atoms with van der Waals surface area (Å²) in [6, 6.07) is 13.8. The number of amides is 2. The van der Waals surface area contributed by atoms with Gasteiger partial charge in [0.1, 0.15) is 0 Å². The van der Waals surface area contributed by atoms with Crippen molar-refractivity contribution >= 4 is 23.2 Å². The van der Waals surface area contributed by atoms with Crippen LogP contribution in [-0.2, 0) is 22.7 Å². The molecule has 0 spiro atoms. The fourth-order valence-electron chi connectivity index (χ4n) is 3.38. The van der Waals surface area contributed by atoms with Gasteiger partial charge in [0, 0.05) is 17.3 Å². The number of nitrogens with one attached hydrogen (secondary N) is 2. The lowest BCUT2D eigenvalue weighted by Gasteiger charge is -2.34. The zero-order valence-electron chi connectivity index (χ0n) is 15.7. The monoisotopic (exact) mass is 385 g/mol. The Hall–Kier alpha value is -2.18. The first-order chi connectivity index (χ1) is 13.1. The molecule has 1 aromatic heterocycles. The number of benzene rings is 1. The van der Waals surface area contributed by atoms with Crippen molar-refractivity contribution in [3.8, 4) is 0 Å². The summed E-state index contributed by atoms with van der Waals surface area (Å²) in [7, 11) is 0. The van der Waals surface area contributed by atoms with Crippen molar-refractivity contribution in [2.24, 2.45) is 5.92 Å². The van der Waals surface area contributed by atoms with Crippen LogP contribution in [0.15, 0.2) is 47.8 Å². The lowest BCUT2D eigenvalue weighted by molar-refractivity contribution is -0.128. The molecule has 1 fully saturated rings. The Morgan fingerprint density at radius 1 is 1.07 bits per heavy atom. The van der Waals surface area contributed by atoms with Crippen LogP contribution in [0.25, 0.3) is 0 Å². The second-order valence-electron chi connectivity index (χ2n) is 6.99. The molecular weight excluding hydrogens is 358 g/mol. The van der Waals surface area contributed by atoms with Crippen molar-refractivity contribution in [1.29, 1.82) is 0 Å². The molecule has 1 unspecified atom stereocenters. The molecule has 1 aliphatic heterocycles. The van der Waals surface area contributed by atoms with E-state index in [0.717, 1.165) is 36.4 Å². The highest BCUT2D eigenvalue weighted by Crippen LogP contribution is 2.19. The van der Waals surface area contributed by atoms with Crippen molar-refractivity contribution in [3.05, 3.63) is 58.3 Å². The maximum absolute atomic E-state index is 12.4. The Labute approximate surface area is 164 Å². The minimum Gasteiger partial charge on any atom is -0.352 e. The molecule has 27 heavy (non-hydrogen) atoms. The number of rotatable bonds is 7. The summed E-state index contributed by atoms with van der Waals surface area (Å²) in [5, 5.41) is 8.05. The molecule has 1 aromatic carbocycles. The third-order valence-electron chi connectivity index (χ3n) is 5.15. The maximum atomic E-state index is 12.4. The van der Waals surface area contributed by atoms with Gasteiger partial charge in [0.25, 0.3) is 0 Å². The molecule has 3 rings (SSSR count). The number of piperidine rings is 1. The van der Waals surface area contributed by atoms with E-state index in [1.54, 1.807) is 11.3 Å². The van der Waals surface area contributed by atoms with E-state index in [1.165, 1.54) is 0 Å². The van der Waals surface area contributed by atoms with E-state index in [-0.39, 0.29) is 23.8 Å². The van der Waals surface area contributed by atoms with Crippen LogP contribution in [0, 0.1) is 5.92 Å². The minimum absolute atomic E-state index is 0.0337. The summed E-state index contributed by atoms with van der Waals surface area (Å²) in [6.45, 7) is 4.65. The van der Waals surface area contributed by atoms with Crippen LogP contribution in [0.1, 0.15) is 30.2 Å². The SMILES string of the molecule is CC(C(=O)NCc1cccs1)N1CCC(C(=O)NCc2ccccc2)CC1. The topological polar surface area (TPSA) is 61.4 Å². The summed E-state index contributed by atoms with van der Waals surface area (Å²) in [4.78, 5) is 28.1. The number of hydrogen-bond donors (Lipinski definition) is 2. The number of nitrogens with zero attached hydrogens (tertiary/aromatic N) is 1. The molecule has 1 atom stereocenters. The molecule has 6 heteroatoms. The molecule has 0 radical (unpaired) electrons. The van der Waals surface area contributed by atoms with Gasteiger partial charge in [-0.1, -0.05) is 36.4 Å². The average Bonchev–Trinajstić information content (AvgIpc) is 3.24. The van der Waals surface area contributed by atoms with Crippen LogP contribution in [0.2, 0.25) is 0 Å². The second kappa shape index (κ2) is 9.67. The van der Waals surface area contributed by atoms with Gasteiger partial charge in [-0.15, -0.1) is 11.3 Å². The van der Waals surface area contributed by atoms with E-state index in [2.05, 4.69) is 15.5 Å². The largest absolute Gasteiger partial charge is 0.352 e. The molecule has 2 aromatic rings. The third-order valence-corrected chi connectivity index (χ3v) is 6.03. The van der Waals surface area contributed by atoms with Crippen LogP contribution in [0.4, 0.5) is 0 Å². The number of carbonyl (C=O) groups excluding carboxylic acids is 2. The van der Waals surface area contributed by atoms with E-state index in [9.17, 15) is 9.59 Å². The second-order valence-corrected chi connectivity index (χ2v) is 8.02. The highest BCUT2D eigenvalue weighted by Gasteiger charge is 2.29. The third kappa shape index (κ3) is 5.65. The highest BCUT2D eigenvalue weighted by molar-refractivity contribution is 7.09. The van der Waals surface area contributed by atoms with Gasteiger partial charge in [-0.2, -0.15) is 0 Å². The van der Waals surface area contributed by atoms with Crippen LogP contribution in [0.3, 0.4) is 0 Å². The number of carbonyl (C=O) groups is 2. The van der Waals surface area contributed by atoms with E-state index < -0.39 is 0 Å². The van der Waals surface area contributed by atoms with Crippen molar-refractivity contribution in [3.63, 3.8) is 0 Å². The molecule has 5 nitrogen and oxygen atoms in total. The van der Waals surface area contributed by atoms with E-state index in [1.807, 2.05) is 54.8 Å². The maximum Gasteiger partial charge on any atom is 0.237 e. The van der Waals surface area contributed by atoms with E-state index in [4.69, 9.17) is 0 Å². The first kappa shape index (κ1) is 19.6. The quantitative estimate of drug-likeness (QED) is 0.770. The van der Waals surface area contributed by atoms with Crippen molar-refractivity contribution < 1.29 is 9.59 Å². The Morgan fingerprint density at radius 3 is 2.48 bits per heavy atom. The number of thiophene rings is 1. The summed E-state index contributed by atoms with van der Waals surface area (Å²) in [6.07, 6.45) is 1.59. The van der Waals surface area contributed by atoms with Crippen molar-refractivity contribution in [1.82, 2.24) is 15.5 Å². The predicted molar refractivity (Wildman–Crippen MR) is 108 cm³/mol. The molecule has 0 bridgehead atoms. The van der Waals surface area contributed by atoms with Crippen LogP contribution in [0.5, 0.6) is 0 Å². The smallest absolute Gasteiger partial charge is 0.237 e. The van der Waals surface area contributed by atoms with Crippen molar-refractivity contribution in [2.75, 3.05) is 13.1 Å². The molecule has 2 amide bonds. The molecule has 1 saturated heterocycles. The summed E-state index contributed by atoms with van der Waals surface area (Å²) >= 11 is 1.65. The Bertz CT molecular complexity index is 725. The minimum atomic E-state index is -0.168. The summed E-state index contributed by atoms with van der Waals surface area (Å²) in [5.41, 5.74) is 1.11. The molecular formula is C21H27N3O2S. The fourth-order valence-corrected chi connectivity index (χ4v) is 4.02. The zero-order chi connectivity index (χ0) is 19.1. The van der Waals surface area contributed by atoms with Gasteiger partial charge in [0.2, 0.25) is 11.8 Å². The molecule has 0 saturated carbocycles. The van der Waals surface area contributed by atoms with Gasteiger partial charge in [-0.05, 0) is 49.9 Å². The Kier molecular flexibility index (Phi) is 7.01. The van der Waals surface area contributed by atoms with E-state index >= 15 is 0 Å². The number of hydrogen-bond acceptors (Lipinski definition) is 4. The van der Waals surface area contributed by atoms with Gasteiger partial charge < -0.3 is 10.6 Å². The highest BCUT2D eigenvalue weighted by atomic mass is 32.1. The zero-order valence-corrected chi connectivity index (χ0v) is 16.5. The van der Waals surface area contributed by atoms with Gasteiger partial charge >= 0.3 is 0 Å². The van der Waals surface area contributed by atoms with Gasteiger partial charge in [-0.3, -0.25) is 14.5 Å². The molecule has 144 valence electrons.